The fourth-order valence-corrected chi connectivity index (χ4v) is 2.82. The van der Waals surface area contributed by atoms with E-state index in [1.54, 1.807) is 6.07 Å². The van der Waals surface area contributed by atoms with Crippen molar-refractivity contribution in [3.05, 3.63) is 58.3 Å². The standard InChI is InChI=1S/C17H20N2O2S/c1-2-13(14-7-4-3-5-8-14)11-18-16(20)12-19-17(21)15-9-6-10-22-15/h3-10,13H,2,11-12H2,1H3,(H,18,20)(H,19,21). The van der Waals surface area contributed by atoms with Crippen molar-refractivity contribution in [2.24, 2.45) is 0 Å². The predicted octanol–water partition coefficient (Wildman–Crippen LogP) is 2.79. The van der Waals surface area contributed by atoms with Gasteiger partial charge in [-0.15, -0.1) is 11.3 Å². The largest absolute Gasteiger partial charge is 0.354 e. The van der Waals surface area contributed by atoms with Gasteiger partial charge in [0.1, 0.15) is 0 Å². The van der Waals surface area contributed by atoms with Crippen molar-refractivity contribution in [1.82, 2.24) is 10.6 Å². The van der Waals surface area contributed by atoms with Crippen molar-refractivity contribution in [3.8, 4) is 0 Å². The normalized spacial score (nSPS) is 11.7. The quantitative estimate of drug-likeness (QED) is 0.825. The zero-order valence-electron chi connectivity index (χ0n) is 12.5. The number of rotatable bonds is 7. The second-order valence-electron chi connectivity index (χ2n) is 4.98. The van der Waals surface area contributed by atoms with Crippen LogP contribution < -0.4 is 10.6 Å². The summed E-state index contributed by atoms with van der Waals surface area (Å²) in [6.07, 6.45) is 0.950. The average molecular weight is 316 g/mol. The molecule has 4 nitrogen and oxygen atoms in total. The topological polar surface area (TPSA) is 58.2 Å². The van der Waals surface area contributed by atoms with Crippen LogP contribution >= 0.6 is 11.3 Å². The van der Waals surface area contributed by atoms with Gasteiger partial charge in [0.2, 0.25) is 5.91 Å². The van der Waals surface area contributed by atoms with E-state index in [4.69, 9.17) is 0 Å². The van der Waals surface area contributed by atoms with Crippen molar-refractivity contribution in [3.63, 3.8) is 0 Å². The zero-order valence-corrected chi connectivity index (χ0v) is 13.4. The maximum absolute atomic E-state index is 11.8. The lowest BCUT2D eigenvalue weighted by Gasteiger charge is -2.16. The molecule has 2 rings (SSSR count). The van der Waals surface area contributed by atoms with Crippen LogP contribution in [0.4, 0.5) is 0 Å². The van der Waals surface area contributed by atoms with E-state index < -0.39 is 0 Å². The monoisotopic (exact) mass is 316 g/mol. The highest BCUT2D eigenvalue weighted by atomic mass is 32.1. The maximum atomic E-state index is 11.8. The van der Waals surface area contributed by atoms with Crippen molar-refractivity contribution in [2.45, 2.75) is 19.3 Å². The molecule has 0 bridgehead atoms. The fraction of sp³-hybridized carbons (Fsp3) is 0.294. The number of carbonyl (C=O) groups excluding carboxylic acids is 2. The molecule has 5 heteroatoms. The molecule has 2 N–H and O–H groups in total. The molecule has 0 saturated carbocycles. The van der Waals surface area contributed by atoms with Crippen LogP contribution in [-0.4, -0.2) is 24.9 Å². The van der Waals surface area contributed by atoms with Gasteiger partial charge in [0, 0.05) is 12.5 Å². The van der Waals surface area contributed by atoms with Gasteiger partial charge in [-0.3, -0.25) is 9.59 Å². The maximum Gasteiger partial charge on any atom is 0.261 e. The third-order valence-corrected chi connectivity index (χ3v) is 4.33. The fourth-order valence-electron chi connectivity index (χ4n) is 2.18. The Morgan fingerprint density at radius 3 is 2.50 bits per heavy atom. The number of thiophene rings is 1. The summed E-state index contributed by atoms with van der Waals surface area (Å²) in [7, 11) is 0. The Morgan fingerprint density at radius 2 is 1.86 bits per heavy atom. The number of hydrogen-bond donors (Lipinski definition) is 2. The summed E-state index contributed by atoms with van der Waals surface area (Å²) in [4.78, 5) is 24.2. The van der Waals surface area contributed by atoms with Crippen molar-refractivity contribution in [1.29, 1.82) is 0 Å². The Balaban J connectivity index is 1.76. The van der Waals surface area contributed by atoms with E-state index >= 15 is 0 Å². The smallest absolute Gasteiger partial charge is 0.261 e. The summed E-state index contributed by atoms with van der Waals surface area (Å²) in [5.74, 6) is -0.0855. The average Bonchev–Trinajstić information content (AvgIpc) is 3.09. The van der Waals surface area contributed by atoms with E-state index in [2.05, 4.69) is 29.7 Å². The molecule has 1 heterocycles. The molecule has 0 aliphatic heterocycles. The first-order valence-electron chi connectivity index (χ1n) is 7.34. The van der Waals surface area contributed by atoms with Crippen LogP contribution in [0.3, 0.4) is 0 Å². The first kappa shape index (κ1) is 16.2. The molecule has 0 fully saturated rings. The Hall–Kier alpha value is -2.14. The van der Waals surface area contributed by atoms with Gasteiger partial charge in [-0.1, -0.05) is 43.3 Å². The highest BCUT2D eigenvalue weighted by molar-refractivity contribution is 7.12. The predicted molar refractivity (Wildman–Crippen MR) is 89.1 cm³/mol. The van der Waals surface area contributed by atoms with Gasteiger partial charge in [-0.25, -0.2) is 0 Å². The molecule has 2 aromatic rings. The molecule has 0 radical (unpaired) electrons. The Labute approximate surface area is 134 Å². The van der Waals surface area contributed by atoms with E-state index in [1.165, 1.54) is 16.9 Å². The van der Waals surface area contributed by atoms with Crippen molar-refractivity contribution >= 4 is 23.2 Å². The van der Waals surface area contributed by atoms with E-state index in [0.717, 1.165) is 6.42 Å². The van der Waals surface area contributed by atoms with Crippen LogP contribution in [0, 0.1) is 0 Å². The number of benzene rings is 1. The number of amides is 2. The molecule has 2 amide bonds. The number of nitrogens with one attached hydrogen (secondary N) is 2. The SMILES string of the molecule is CCC(CNC(=O)CNC(=O)c1cccs1)c1ccccc1. The first-order chi connectivity index (χ1) is 10.7. The van der Waals surface area contributed by atoms with E-state index in [1.807, 2.05) is 29.6 Å². The lowest BCUT2D eigenvalue weighted by molar-refractivity contribution is -0.120. The first-order valence-corrected chi connectivity index (χ1v) is 8.22. The second kappa shape index (κ2) is 8.34. The minimum atomic E-state index is -0.208. The highest BCUT2D eigenvalue weighted by Crippen LogP contribution is 2.17. The minimum absolute atomic E-state index is 0.00194. The van der Waals surface area contributed by atoms with Crippen LogP contribution in [0.25, 0.3) is 0 Å². The summed E-state index contributed by atoms with van der Waals surface area (Å²) in [5, 5.41) is 7.34. The summed E-state index contributed by atoms with van der Waals surface area (Å²) in [6.45, 7) is 2.68. The molecular weight excluding hydrogens is 296 g/mol. The van der Waals surface area contributed by atoms with Gasteiger partial charge in [0.15, 0.2) is 0 Å². The van der Waals surface area contributed by atoms with Crippen LogP contribution in [-0.2, 0) is 4.79 Å². The van der Waals surface area contributed by atoms with E-state index in [9.17, 15) is 9.59 Å². The zero-order chi connectivity index (χ0) is 15.8. The molecule has 0 aliphatic carbocycles. The molecular formula is C17H20N2O2S. The molecule has 0 saturated heterocycles. The third kappa shape index (κ3) is 4.70. The van der Waals surface area contributed by atoms with Gasteiger partial charge in [-0.2, -0.15) is 0 Å². The van der Waals surface area contributed by atoms with Crippen LogP contribution in [0.5, 0.6) is 0 Å². The van der Waals surface area contributed by atoms with Crippen molar-refractivity contribution < 1.29 is 9.59 Å². The number of carbonyl (C=O) groups is 2. The minimum Gasteiger partial charge on any atom is -0.354 e. The van der Waals surface area contributed by atoms with Gasteiger partial charge < -0.3 is 10.6 Å². The van der Waals surface area contributed by atoms with Gasteiger partial charge in [0.25, 0.3) is 5.91 Å². The Kier molecular flexibility index (Phi) is 6.15. The van der Waals surface area contributed by atoms with Gasteiger partial charge >= 0.3 is 0 Å². The number of hydrogen-bond acceptors (Lipinski definition) is 3. The van der Waals surface area contributed by atoms with E-state index in [-0.39, 0.29) is 24.3 Å². The van der Waals surface area contributed by atoms with Gasteiger partial charge in [-0.05, 0) is 23.4 Å². The summed E-state index contributed by atoms with van der Waals surface area (Å²) < 4.78 is 0. The second-order valence-corrected chi connectivity index (χ2v) is 5.93. The summed E-state index contributed by atoms with van der Waals surface area (Å²) >= 11 is 1.36. The summed E-state index contributed by atoms with van der Waals surface area (Å²) in [6, 6.07) is 13.7. The molecule has 116 valence electrons. The molecule has 1 unspecified atom stereocenters. The van der Waals surface area contributed by atoms with Gasteiger partial charge in [0.05, 0.1) is 11.4 Å². The Morgan fingerprint density at radius 1 is 1.09 bits per heavy atom. The third-order valence-electron chi connectivity index (χ3n) is 3.46. The van der Waals surface area contributed by atoms with Crippen molar-refractivity contribution in [2.75, 3.05) is 13.1 Å². The van der Waals surface area contributed by atoms with Crippen LogP contribution in [0.1, 0.15) is 34.5 Å². The molecule has 1 aromatic carbocycles. The molecule has 22 heavy (non-hydrogen) atoms. The highest BCUT2D eigenvalue weighted by Gasteiger charge is 2.12. The van der Waals surface area contributed by atoms with Crippen LogP contribution in [0.2, 0.25) is 0 Å². The molecule has 0 aliphatic rings. The molecule has 1 aromatic heterocycles. The van der Waals surface area contributed by atoms with Crippen LogP contribution in [0.15, 0.2) is 47.8 Å². The molecule has 0 spiro atoms. The summed E-state index contributed by atoms with van der Waals surface area (Å²) in [5.41, 5.74) is 1.22. The molecule has 1 atom stereocenters. The Bertz CT molecular complexity index is 596. The van der Waals surface area contributed by atoms with E-state index in [0.29, 0.717) is 11.4 Å². The lowest BCUT2D eigenvalue weighted by atomic mass is 9.96. The lowest BCUT2D eigenvalue weighted by Crippen LogP contribution is -2.38.